The molecule has 0 radical (unpaired) electrons. The molecule has 0 aliphatic carbocycles. The van der Waals surface area contributed by atoms with Gasteiger partial charge in [-0.15, -0.1) is 10.2 Å². The van der Waals surface area contributed by atoms with E-state index in [1.807, 2.05) is 11.6 Å². The SMILES string of the molecule is COCCN1C(C)CN(Cc2nncn2C)CC1C. The molecule has 2 atom stereocenters. The number of hydrogen-bond acceptors (Lipinski definition) is 5. The highest BCUT2D eigenvalue weighted by molar-refractivity contribution is 4.90. The molecule has 1 aliphatic rings. The van der Waals surface area contributed by atoms with Gasteiger partial charge in [-0.1, -0.05) is 0 Å². The third kappa shape index (κ3) is 3.52. The zero-order valence-corrected chi connectivity index (χ0v) is 12.4. The van der Waals surface area contributed by atoms with Crippen LogP contribution in [0.4, 0.5) is 0 Å². The second-order valence-corrected chi connectivity index (χ2v) is 5.48. The number of ether oxygens (including phenoxy) is 1. The van der Waals surface area contributed by atoms with Crippen molar-refractivity contribution in [1.29, 1.82) is 0 Å². The summed E-state index contributed by atoms with van der Waals surface area (Å²) in [6, 6.07) is 1.10. The second kappa shape index (κ2) is 6.45. The number of nitrogens with zero attached hydrogens (tertiary/aromatic N) is 5. The second-order valence-electron chi connectivity index (χ2n) is 5.48. The van der Waals surface area contributed by atoms with Crippen molar-refractivity contribution in [2.24, 2.45) is 7.05 Å². The molecule has 108 valence electrons. The van der Waals surface area contributed by atoms with Gasteiger partial charge >= 0.3 is 0 Å². The van der Waals surface area contributed by atoms with Crippen LogP contribution in [0.2, 0.25) is 0 Å². The number of aryl methyl sites for hydroxylation is 1. The maximum atomic E-state index is 5.19. The van der Waals surface area contributed by atoms with Gasteiger partial charge < -0.3 is 9.30 Å². The van der Waals surface area contributed by atoms with Crippen molar-refractivity contribution in [2.45, 2.75) is 32.5 Å². The van der Waals surface area contributed by atoms with Crippen molar-refractivity contribution < 1.29 is 4.74 Å². The van der Waals surface area contributed by atoms with E-state index in [0.29, 0.717) is 12.1 Å². The lowest BCUT2D eigenvalue weighted by Gasteiger charge is -2.44. The summed E-state index contributed by atoms with van der Waals surface area (Å²) in [6.07, 6.45) is 1.76. The fraction of sp³-hybridized carbons (Fsp3) is 0.846. The lowest BCUT2D eigenvalue weighted by Crippen LogP contribution is -2.57. The summed E-state index contributed by atoms with van der Waals surface area (Å²) in [6.45, 7) is 9.41. The zero-order valence-electron chi connectivity index (χ0n) is 12.4. The summed E-state index contributed by atoms with van der Waals surface area (Å²) in [7, 11) is 3.76. The Bertz CT molecular complexity index is 382. The molecule has 1 aliphatic heterocycles. The van der Waals surface area contributed by atoms with E-state index >= 15 is 0 Å². The number of rotatable bonds is 5. The van der Waals surface area contributed by atoms with Crippen LogP contribution >= 0.6 is 0 Å². The summed E-state index contributed by atoms with van der Waals surface area (Å²) >= 11 is 0. The Kier molecular flexibility index (Phi) is 4.90. The standard InChI is InChI=1S/C13H25N5O/c1-11-7-17(9-13-15-14-10-16(13)3)8-12(2)18(11)5-6-19-4/h10-12H,5-9H2,1-4H3. The van der Waals surface area contributed by atoms with E-state index in [-0.39, 0.29) is 0 Å². The zero-order chi connectivity index (χ0) is 13.8. The molecule has 1 fully saturated rings. The number of hydrogen-bond donors (Lipinski definition) is 0. The molecular weight excluding hydrogens is 242 g/mol. The number of methoxy groups -OCH3 is 1. The van der Waals surface area contributed by atoms with Crippen LogP contribution in [-0.4, -0.2) is 70.0 Å². The Morgan fingerprint density at radius 2 is 2.00 bits per heavy atom. The van der Waals surface area contributed by atoms with Crippen molar-refractivity contribution in [3.8, 4) is 0 Å². The van der Waals surface area contributed by atoms with Crippen molar-refractivity contribution >= 4 is 0 Å². The van der Waals surface area contributed by atoms with E-state index in [1.165, 1.54) is 0 Å². The molecule has 2 heterocycles. The fourth-order valence-electron chi connectivity index (χ4n) is 2.88. The van der Waals surface area contributed by atoms with Gasteiger partial charge in [-0.2, -0.15) is 0 Å². The summed E-state index contributed by atoms with van der Waals surface area (Å²) < 4.78 is 7.18. The van der Waals surface area contributed by atoms with Gasteiger partial charge in [0, 0.05) is 45.9 Å². The molecule has 0 amide bonds. The van der Waals surface area contributed by atoms with Crippen LogP contribution in [0, 0.1) is 0 Å². The van der Waals surface area contributed by atoms with Crippen molar-refractivity contribution in [3.63, 3.8) is 0 Å². The Morgan fingerprint density at radius 3 is 2.53 bits per heavy atom. The normalized spacial score (nSPS) is 25.9. The van der Waals surface area contributed by atoms with E-state index < -0.39 is 0 Å². The minimum Gasteiger partial charge on any atom is -0.383 e. The monoisotopic (exact) mass is 267 g/mol. The molecular formula is C13H25N5O. The van der Waals surface area contributed by atoms with Gasteiger partial charge in [0.05, 0.1) is 13.2 Å². The molecule has 1 saturated heterocycles. The van der Waals surface area contributed by atoms with Crippen LogP contribution < -0.4 is 0 Å². The molecule has 2 rings (SSSR count). The first kappa shape index (κ1) is 14.4. The maximum absolute atomic E-state index is 5.19. The van der Waals surface area contributed by atoms with Gasteiger partial charge in [0.15, 0.2) is 0 Å². The molecule has 0 bridgehead atoms. The predicted molar refractivity (Wildman–Crippen MR) is 73.8 cm³/mol. The van der Waals surface area contributed by atoms with E-state index in [4.69, 9.17) is 4.74 Å². The summed E-state index contributed by atoms with van der Waals surface area (Å²) in [4.78, 5) is 4.99. The van der Waals surface area contributed by atoms with Crippen molar-refractivity contribution in [1.82, 2.24) is 24.6 Å². The van der Waals surface area contributed by atoms with Gasteiger partial charge in [0.1, 0.15) is 12.2 Å². The van der Waals surface area contributed by atoms with Crippen molar-refractivity contribution in [3.05, 3.63) is 12.2 Å². The highest BCUT2D eigenvalue weighted by Gasteiger charge is 2.29. The molecule has 0 saturated carbocycles. The summed E-state index contributed by atoms with van der Waals surface area (Å²) in [5, 5.41) is 8.11. The molecule has 0 N–H and O–H groups in total. The van der Waals surface area contributed by atoms with E-state index in [2.05, 4.69) is 33.8 Å². The van der Waals surface area contributed by atoms with Gasteiger partial charge in [-0.05, 0) is 13.8 Å². The molecule has 0 aromatic carbocycles. The Balaban J connectivity index is 1.91. The molecule has 6 heteroatoms. The topological polar surface area (TPSA) is 46.4 Å². The first-order chi connectivity index (χ1) is 9.11. The molecule has 19 heavy (non-hydrogen) atoms. The molecule has 1 aromatic heterocycles. The van der Waals surface area contributed by atoms with E-state index in [9.17, 15) is 0 Å². The Labute approximate surface area is 115 Å². The molecule has 1 aromatic rings. The van der Waals surface area contributed by atoms with Crippen LogP contribution in [0.5, 0.6) is 0 Å². The van der Waals surface area contributed by atoms with Crippen LogP contribution in [0.25, 0.3) is 0 Å². The average molecular weight is 267 g/mol. The van der Waals surface area contributed by atoms with Gasteiger partial charge in [0.25, 0.3) is 0 Å². The highest BCUT2D eigenvalue weighted by atomic mass is 16.5. The van der Waals surface area contributed by atoms with E-state index in [1.54, 1.807) is 13.4 Å². The first-order valence-electron chi connectivity index (χ1n) is 6.91. The van der Waals surface area contributed by atoms with Gasteiger partial charge in [-0.3, -0.25) is 9.80 Å². The lowest BCUT2D eigenvalue weighted by molar-refractivity contribution is 0.0166. The molecule has 2 unspecified atom stereocenters. The quantitative estimate of drug-likeness (QED) is 0.771. The highest BCUT2D eigenvalue weighted by Crippen LogP contribution is 2.16. The first-order valence-corrected chi connectivity index (χ1v) is 6.91. The predicted octanol–water partition coefficient (Wildman–Crippen LogP) is 0.356. The number of aromatic nitrogens is 3. The minimum atomic E-state index is 0.548. The minimum absolute atomic E-state index is 0.548. The number of piperazine rings is 1. The maximum Gasteiger partial charge on any atom is 0.146 e. The van der Waals surface area contributed by atoms with Crippen LogP contribution in [0.1, 0.15) is 19.7 Å². The third-order valence-corrected chi connectivity index (χ3v) is 3.90. The Morgan fingerprint density at radius 1 is 1.32 bits per heavy atom. The Hall–Kier alpha value is -0.980. The van der Waals surface area contributed by atoms with Gasteiger partial charge in [0.2, 0.25) is 0 Å². The van der Waals surface area contributed by atoms with Crippen LogP contribution in [0.15, 0.2) is 6.33 Å². The third-order valence-electron chi connectivity index (χ3n) is 3.90. The summed E-state index contributed by atoms with van der Waals surface area (Å²) in [5.41, 5.74) is 0. The molecule has 6 nitrogen and oxygen atoms in total. The van der Waals surface area contributed by atoms with Crippen LogP contribution in [-0.2, 0) is 18.3 Å². The van der Waals surface area contributed by atoms with Crippen LogP contribution in [0.3, 0.4) is 0 Å². The van der Waals surface area contributed by atoms with E-state index in [0.717, 1.165) is 38.6 Å². The van der Waals surface area contributed by atoms with Crippen molar-refractivity contribution in [2.75, 3.05) is 33.4 Å². The molecule has 0 spiro atoms. The summed E-state index contributed by atoms with van der Waals surface area (Å²) in [5.74, 6) is 1.03. The smallest absolute Gasteiger partial charge is 0.146 e. The average Bonchev–Trinajstić information content (AvgIpc) is 2.74. The fourth-order valence-corrected chi connectivity index (χ4v) is 2.88. The largest absolute Gasteiger partial charge is 0.383 e. The lowest BCUT2D eigenvalue weighted by atomic mass is 10.1. The van der Waals surface area contributed by atoms with Gasteiger partial charge in [-0.25, -0.2) is 0 Å².